The molecule has 1 heterocycles. The Labute approximate surface area is 82.6 Å². The number of hydrogen-bond donors (Lipinski definition) is 2. The zero-order chi connectivity index (χ0) is 10.3. The smallest absolute Gasteiger partial charge is 0.423 e. The van der Waals surface area contributed by atoms with E-state index in [-0.39, 0.29) is 10.8 Å². The van der Waals surface area contributed by atoms with Gasteiger partial charge in [0.1, 0.15) is 0 Å². The summed E-state index contributed by atoms with van der Waals surface area (Å²) in [4.78, 5) is 0. The number of fused-ring (bicyclic) bond motifs is 1. The van der Waals surface area contributed by atoms with Crippen LogP contribution in [0.15, 0.2) is 18.2 Å². The van der Waals surface area contributed by atoms with Crippen LogP contribution in [0.3, 0.4) is 0 Å². The fourth-order valence-electron chi connectivity index (χ4n) is 1.22. The molecule has 0 radical (unpaired) electrons. The molecule has 2 rings (SSSR count). The van der Waals surface area contributed by atoms with Gasteiger partial charge in [0, 0.05) is 10.1 Å². The lowest BCUT2D eigenvalue weighted by molar-refractivity contribution is 0.426. The van der Waals surface area contributed by atoms with Gasteiger partial charge in [0.15, 0.2) is 5.82 Å². The molecule has 0 bridgehead atoms. The molecule has 0 amide bonds. The molecule has 0 fully saturated rings. The van der Waals surface area contributed by atoms with Crippen molar-refractivity contribution in [2.24, 2.45) is 0 Å². The minimum absolute atomic E-state index is 0.0816. The molecule has 1 aromatic heterocycles. The largest absolute Gasteiger partial charge is 0.488 e. The third-order valence-corrected chi connectivity index (χ3v) is 2.84. The van der Waals surface area contributed by atoms with Crippen LogP contribution in [0.4, 0.5) is 8.78 Å². The molecular formula is C8H5BF2O2S. The monoisotopic (exact) mass is 214 g/mol. The Balaban J connectivity index is 2.69. The van der Waals surface area contributed by atoms with Gasteiger partial charge in [-0.2, -0.15) is 4.39 Å². The second kappa shape index (κ2) is 3.31. The Hall–Kier alpha value is -0.975. The Morgan fingerprint density at radius 3 is 2.57 bits per heavy atom. The van der Waals surface area contributed by atoms with Gasteiger partial charge in [0.25, 0.3) is 0 Å². The molecule has 1 aromatic carbocycles. The van der Waals surface area contributed by atoms with Crippen molar-refractivity contribution in [3.8, 4) is 0 Å². The van der Waals surface area contributed by atoms with Gasteiger partial charge >= 0.3 is 7.12 Å². The van der Waals surface area contributed by atoms with Crippen LogP contribution in [0, 0.1) is 10.9 Å². The zero-order valence-electron chi connectivity index (χ0n) is 6.87. The highest BCUT2D eigenvalue weighted by Gasteiger charge is 2.16. The fraction of sp³-hybridized carbons (Fsp3) is 0. The van der Waals surface area contributed by atoms with Crippen molar-refractivity contribution < 1.29 is 18.8 Å². The molecule has 2 aromatic rings. The van der Waals surface area contributed by atoms with Crippen LogP contribution in [0.25, 0.3) is 10.1 Å². The highest BCUT2D eigenvalue weighted by Crippen LogP contribution is 2.27. The molecular weight excluding hydrogens is 209 g/mol. The molecule has 2 nitrogen and oxygen atoms in total. The minimum atomic E-state index is -1.67. The second-order valence-electron chi connectivity index (χ2n) is 2.82. The van der Waals surface area contributed by atoms with E-state index >= 15 is 0 Å². The van der Waals surface area contributed by atoms with Crippen molar-refractivity contribution in [2.75, 3.05) is 0 Å². The number of benzene rings is 1. The molecule has 0 saturated carbocycles. The number of halogens is 2. The maximum atomic E-state index is 13.1. The summed E-state index contributed by atoms with van der Waals surface area (Å²) in [6, 6.07) is 4.11. The molecule has 0 aliphatic carbocycles. The van der Waals surface area contributed by atoms with Gasteiger partial charge in [-0.15, -0.1) is 11.3 Å². The fourth-order valence-corrected chi connectivity index (χ4v) is 2.00. The highest BCUT2D eigenvalue weighted by molar-refractivity contribution is 7.17. The summed E-state index contributed by atoms with van der Waals surface area (Å²) in [5.41, 5.74) is 0.147. The summed E-state index contributed by atoms with van der Waals surface area (Å²) in [6.07, 6.45) is 0. The van der Waals surface area contributed by atoms with E-state index in [1.807, 2.05) is 0 Å². The zero-order valence-corrected chi connectivity index (χ0v) is 7.68. The van der Waals surface area contributed by atoms with Gasteiger partial charge in [0.2, 0.25) is 5.13 Å². The lowest BCUT2D eigenvalue weighted by Crippen LogP contribution is -2.29. The van der Waals surface area contributed by atoms with Gasteiger partial charge in [0.05, 0.1) is 0 Å². The van der Waals surface area contributed by atoms with E-state index in [1.54, 1.807) is 0 Å². The van der Waals surface area contributed by atoms with Crippen LogP contribution in [-0.4, -0.2) is 17.2 Å². The van der Waals surface area contributed by atoms with Crippen LogP contribution in [0.5, 0.6) is 0 Å². The maximum absolute atomic E-state index is 13.1. The predicted molar refractivity (Wildman–Crippen MR) is 51.6 cm³/mol. The molecule has 0 unspecified atom stereocenters. The van der Waals surface area contributed by atoms with Gasteiger partial charge < -0.3 is 10.0 Å². The minimum Gasteiger partial charge on any atom is -0.423 e. The van der Waals surface area contributed by atoms with E-state index in [4.69, 9.17) is 10.0 Å². The van der Waals surface area contributed by atoms with Crippen LogP contribution < -0.4 is 5.46 Å². The summed E-state index contributed by atoms with van der Waals surface area (Å²) in [7, 11) is -1.67. The topological polar surface area (TPSA) is 40.5 Å². The van der Waals surface area contributed by atoms with E-state index in [1.165, 1.54) is 18.2 Å². The second-order valence-corrected chi connectivity index (χ2v) is 3.82. The Kier molecular flexibility index (Phi) is 2.26. The third kappa shape index (κ3) is 1.41. The van der Waals surface area contributed by atoms with Crippen molar-refractivity contribution in [3.05, 3.63) is 29.1 Å². The van der Waals surface area contributed by atoms with E-state index in [2.05, 4.69) is 0 Å². The Morgan fingerprint density at radius 2 is 1.93 bits per heavy atom. The first-order chi connectivity index (χ1) is 6.59. The van der Waals surface area contributed by atoms with Crippen molar-refractivity contribution >= 4 is 34.0 Å². The standard InChI is InChI=1S/C8H5BF2O2S/c10-7-5-3-4(9(12)13)1-2-6(5)14-8(7)11/h1-3,12-13H. The number of rotatable bonds is 1. The van der Waals surface area contributed by atoms with Crippen LogP contribution in [0.1, 0.15) is 0 Å². The highest BCUT2D eigenvalue weighted by atomic mass is 32.1. The lowest BCUT2D eigenvalue weighted by Gasteiger charge is -1.98. The van der Waals surface area contributed by atoms with Gasteiger partial charge in [-0.3, -0.25) is 0 Å². The molecule has 0 spiro atoms. The van der Waals surface area contributed by atoms with Gasteiger partial charge in [-0.25, -0.2) is 4.39 Å². The molecule has 14 heavy (non-hydrogen) atoms. The normalized spacial score (nSPS) is 10.9. The third-order valence-electron chi connectivity index (χ3n) is 1.91. The van der Waals surface area contributed by atoms with Crippen molar-refractivity contribution in [2.45, 2.75) is 0 Å². The number of thiophene rings is 1. The summed E-state index contributed by atoms with van der Waals surface area (Å²) < 4.78 is 26.3. The van der Waals surface area contributed by atoms with Crippen molar-refractivity contribution in [1.82, 2.24) is 0 Å². The maximum Gasteiger partial charge on any atom is 0.488 e. The first-order valence-corrected chi connectivity index (χ1v) is 4.65. The first kappa shape index (κ1) is 9.58. The molecule has 0 saturated heterocycles. The average molecular weight is 214 g/mol. The Bertz CT molecular complexity index is 483. The lowest BCUT2D eigenvalue weighted by atomic mass is 9.80. The Morgan fingerprint density at radius 1 is 1.21 bits per heavy atom. The molecule has 72 valence electrons. The van der Waals surface area contributed by atoms with Crippen LogP contribution in [0.2, 0.25) is 0 Å². The van der Waals surface area contributed by atoms with Gasteiger partial charge in [-0.05, 0) is 11.5 Å². The van der Waals surface area contributed by atoms with E-state index < -0.39 is 18.1 Å². The van der Waals surface area contributed by atoms with E-state index in [0.29, 0.717) is 16.0 Å². The number of hydrogen-bond acceptors (Lipinski definition) is 3. The van der Waals surface area contributed by atoms with E-state index in [0.717, 1.165) is 0 Å². The first-order valence-electron chi connectivity index (χ1n) is 3.83. The molecule has 0 atom stereocenters. The van der Waals surface area contributed by atoms with E-state index in [9.17, 15) is 8.78 Å². The van der Waals surface area contributed by atoms with Crippen LogP contribution >= 0.6 is 11.3 Å². The SMILES string of the molecule is OB(O)c1ccc2sc(F)c(F)c2c1. The average Bonchev–Trinajstić information content (AvgIpc) is 2.43. The van der Waals surface area contributed by atoms with Crippen molar-refractivity contribution in [3.63, 3.8) is 0 Å². The quantitative estimate of drug-likeness (QED) is 0.691. The summed E-state index contributed by atoms with van der Waals surface area (Å²) in [5, 5.41) is 16.8. The van der Waals surface area contributed by atoms with Crippen molar-refractivity contribution in [1.29, 1.82) is 0 Å². The summed E-state index contributed by atoms with van der Waals surface area (Å²) in [6.45, 7) is 0. The summed E-state index contributed by atoms with van der Waals surface area (Å²) >= 11 is 0.694. The molecule has 6 heteroatoms. The molecule has 2 N–H and O–H groups in total. The molecule has 0 aliphatic heterocycles. The predicted octanol–water partition coefficient (Wildman–Crippen LogP) is 0.859. The van der Waals surface area contributed by atoms with Gasteiger partial charge in [-0.1, -0.05) is 12.1 Å². The van der Waals surface area contributed by atoms with Crippen LogP contribution in [-0.2, 0) is 0 Å². The summed E-state index contributed by atoms with van der Waals surface area (Å²) in [5.74, 6) is -0.938. The molecule has 0 aliphatic rings.